The van der Waals surface area contributed by atoms with E-state index in [1.54, 1.807) is 19.1 Å². The molecule has 3 aromatic rings. The Hall–Kier alpha value is -2.95. The summed E-state index contributed by atoms with van der Waals surface area (Å²) in [6.07, 6.45) is 0.964. The molecule has 0 saturated carbocycles. The molecule has 0 unspecified atom stereocenters. The summed E-state index contributed by atoms with van der Waals surface area (Å²) >= 11 is 0. The first-order chi connectivity index (χ1) is 12.2. The third kappa shape index (κ3) is 4.12. The fraction of sp³-hybridized carbons (Fsp3) is 0.250. The van der Waals surface area contributed by atoms with Gasteiger partial charge in [-0.1, -0.05) is 43.3 Å². The monoisotopic (exact) mass is 335 g/mol. The van der Waals surface area contributed by atoms with Crippen molar-refractivity contribution >= 4 is 5.91 Å². The molecule has 1 amide bonds. The summed E-state index contributed by atoms with van der Waals surface area (Å²) in [6.45, 7) is 4.47. The van der Waals surface area contributed by atoms with Crippen molar-refractivity contribution in [2.75, 3.05) is 6.54 Å². The molecule has 3 rings (SSSR count). The van der Waals surface area contributed by atoms with E-state index >= 15 is 0 Å². The maximum atomic E-state index is 12.5. The molecule has 1 heterocycles. The molecule has 0 aliphatic heterocycles. The van der Waals surface area contributed by atoms with Gasteiger partial charge in [-0.05, 0) is 30.2 Å². The van der Waals surface area contributed by atoms with Crippen LogP contribution in [0.5, 0.6) is 0 Å². The fourth-order valence-corrected chi connectivity index (χ4v) is 2.75. The maximum absolute atomic E-state index is 12.5. The molecule has 0 saturated heterocycles. The average Bonchev–Trinajstić information content (AvgIpc) is 3.09. The summed E-state index contributed by atoms with van der Waals surface area (Å²) in [5, 5.41) is 10.8. The molecule has 5 heteroatoms. The average molecular weight is 335 g/mol. The topological polar surface area (TPSA) is 68.0 Å². The smallest absolute Gasteiger partial charge is 0.251 e. The van der Waals surface area contributed by atoms with Crippen molar-refractivity contribution < 1.29 is 9.21 Å². The van der Waals surface area contributed by atoms with Gasteiger partial charge >= 0.3 is 0 Å². The molecule has 1 N–H and O–H groups in total. The number of carbonyl (C=O) groups is 1. The van der Waals surface area contributed by atoms with Gasteiger partial charge in [0.25, 0.3) is 5.91 Å². The zero-order valence-corrected chi connectivity index (χ0v) is 14.4. The van der Waals surface area contributed by atoms with Crippen molar-refractivity contribution in [3.05, 3.63) is 71.6 Å². The molecule has 2 aromatic carbocycles. The third-order valence-electron chi connectivity index (χ3n) is 4.17. The van der Waals surface area contributed by atoms with Crippen molar-refractivity contribution in [1.29, 1.82) is 0 Å². The minimum atomic E-state index is -0.104. The highest BCUT2D eigenvalue weighted by Crippen LogP contribution is 2.20. The van der Waals surface area contributed by atoms with Gasteiger partial charge in [-0.2, -0.15) is 0 Å². The molecule has 128 valence electrons. The maximum Gasteiger partial charge on any atom is 0.251 e. The van der Waals surface area contributed by atoms with E-state index in [9.17, 15) is 4.79 Å². The van der Waals surface area contributed by atoms with E-state index in [4.69, 9.17) is 4.42 Å². The van der Waals surface area contributed by atoms with E-state index in [0.29, 0.717) is 29.8 Å². The second-order valence-electron chi connectivity index (χ2n) is 5.93. The fourth-order valence-electron chi connectivity index (χ4n) is 2.75. The summed E-state index contributed by atoms with van der Waals surface area (Å²) in [4.78, 5) is 12.5. The van der Waals surface area contributed by atoms with Crippen LogP contribution in [0.2, 0.25) is 0 Å². The van der Waals surface area contributed by atoms with Crippen LogP contribution < -0.4 is 5.32 Å². The molecule has 0 radical (unpaired) electrons. The molecule has 0 bridgehead atoms. The van der Waals surface area contributed by atoms with E-state index in [2.05, 4.69) is 34.6 Å². The van der Waals surface area contributed by atoms with Crippen LogP contribution in [0, 0.1) is 6.92 Å². The number of hydrogen-bond donors (Lipinski definition) is 1. The van der Waals surface area contributed by atoms with Crippen LogP contribution in [0.4, 0.5) is 0 Å². The summed E-state index contributed by atoms with van der Waals surface area (Å²) in [5.41, 5.74) is 2.56. The lowest BCUT2D eigenvalue weighted by atomic mass is 9.96. The molecule has 0 spiro atoms. The molecule has 0 fully saturated rings. The molecule has 0 aliphatic rings. The standard InChI is InChI=1S/C20H21N3O2/c1-3-15(16-8-5-4-6-9-16)13-21-19(24)17-10-7-11-18(12-17)20-23-22-14(2)25-20/h4-12,15H,3,13H2,1-2H3,(H,21,24)/t15-/m0/s1. The number of nitrogens with zero attached hydrogens (tertiary/aromatic N) is 2. The summed E-state index contributed by atoms with van der Waals surface area (Å²) < 4.78 is 5.42. The molecular weight excluding hydrogens is 314 g/mol. The van der Waals surface area contributed by atoms with Crippen LogP contribution in [0.1, 0.15) is 41.1 Å². The first-order valence-electron chi connectivity index (χ1n) is 8.41. The Balaban J connectivity index is 1.69. The molecule has 0 aliphatic carbocycles. The number of hydrogen-bond acceptors (Lipinski definition) is 4. The highest BCUT2D eigenvalue weighted by Gasteiger charge is 2.13. The van der Waals surface area contributed by atoms with Gasteiger partial charge < -0.3 is 9.73 Å². The summed E-state index contributed by atoms with van der Waals surface area (Å²) in [5.74, 6) is 1.11. The van der Waals surface area contributed by atoms with Crippen LogP contribution >= 0.6 is 0 Å². The highest BCUT2D eigenvalue weighted by atomic mass is 16.4. The molecular formula is C20H21N3O2. The quantitative estimate of drug-likeness (QED) is 0.740. The van der Waals surface area contributed by atoms with Crippen LogP contribution in [-0.2, 0) is 0 Å². The molecule has 1 aromatic heterocycles. The van der Waals surface area contributed by atoms with Crippen LogP contribution in [0.25, 0.3) is 11.5 Å². The van der Waals surface area contributed by atoms with Gasteiger partial charge in [0.05, 0.1) is 0 Å². The van der Waals surface area contributed by atoms with Gasteiger partial charge in [-0.3, -0.25) is 4.79 Å². The SMILES string of the molecule is CC[C@@H](CNC(=O)c1cccc(-c2nnc(C)o2)c1)c1ccccc1. The summed E-state index contributed by atoms with van der Waals surface area (Å²) in [7, 11) is 0. The normalized spacial score (nSPS) is 11.9. The Bertz CT molecular complexity index is 843. The van der Waals surface area contributed by atoms with Crippen LogP contribution in [0.3, 0.4) is 0 Å². The van der Waals surface area contributed by atoms with E-state index in [0.717, 1.165) is 12.0 Å². The number of nitrogens with one attached hydrogen (secondary N) is 1. The molecule has 5 nitrogen and oxygen atoms in total. The number of benzene rings is 2. The van der Waals surface area contributed by atoms with Gasteiger partial charge in [0.2, 0.25) is 11.8 Å². The Morgan fingerprint density at radius 1 is 1.12 bits per heavy atom. The number of rotatable bonds is 6. The van der Waals surface area contributed by atoms with Crippen molar-refractivity contribution in [2.24, 2.45) is 0 Å². The Kier molecular flexibility index (Phi) is 5.23. The molecule has 1 atom stereocenters. The predicted molar refractivity (Wildman–Crippen MR) is 96.3 cm³/mol. The zero-order valence-electron chi connectivity index (χ0n) is 14.4. The van der Waals surface area contributed by atoms with E-state index in [1.807, 2.05) is 30.3 Å². The second kappa shape index (κ2) is 7.75. The number of amides is 1. The Morgan fingerprint density at radius 2 is 1.92 bits per heavy atom. The van der Waals surface area contributed by atoms with Gasteiger partial charge in [0.15, 0.2) is 0 Å². The van der Waals surface area contributed by atoms with Gasteiger partial charge in [-0.15, -0.1) is 10.2 Å². The Morgan fingerprint density at radius 3 is 2.60 bits per heavy atom. The minimum Gasteiger partial charge on any atom is -0.421 e. The Labute approximate surface area is 147 Å². The van der Waals surface area contributed by atoms with E-state index in [1.165, 1.54) is 5.56 Å². The highest BCUT2D eigenvalue weighted by molar-refractivity contribution is 5.95. The van der Waals surface area contributed by atoms with Crippen molar-refractivity contribution in [3.63, 3.8) is 0 Å². The van der Waals surface area contributed by atoms with Crippen molar-refractivity contribution in [2.45, 2.75) is 26.2 Å². The lowest BCUT2D eigenvalue weighted by molar-refractivity contribution is 0.0951. The number of carbonyl (C=O) groups excluding carboxylic acids is 1. The zero-order chi connectivity index (χ0) is 17.6. The van der Waals surface area contributed by atoms with Gasteiger partial charge in [0, 0.05) is 30.5 Å². The first kappa shape index (κ1) is 16.9. The lowest BCUT2D eigenvalue weighted by Crippen LogP contribution is -2.28. The van der Waals surface area contributed by atoms with Crippen LogP contribution in [0.15, 0.2) is 59.0 Å². The van der Waals surface area contributed by atoms with E-state index < -0.39 is 0 Å². The van der Waals surface area contributed by atoms with Crippen molar-refractivity contribution in [3.8, 4) is 11.5 Å². The first-order valence-corrected chi connectivity index (χ1v) is 8.41. The third-order valence-corrected chi connectivity index (χ3v) is 4.17. The van der Waals surface area contributed by atoms with Crippen molar-refractivity contribution in [1.82, 2.24) is 15.5 Å². The second-order valence-corrected chi connectivity index (χ2v) is 5.93. The predicted octanol–water partition coefficient (Wildman–Crippen LogP) is 3.97. The number of aryl methyl sites for hydroxylation is 1. The van der Waals surface area contributed by atoms with Gasteiger partial charge in [0.1, 0.15) is 0 Å². The summed E-state index contributed by atoms with van der Waals surface area (Å²) in [6, 6.07) is 17.5. The largest absolute Gasteiger partial charge is 0.421 e. The number of aromatic nitrogens is 2. The molecule has 25 heavy (non-hydrogen) atoms. The minimum absolute atomic E-state index is 0.104. The van der Waals surface area contributed by atoms with E-state index in [-0.39, 0.29) is 5.91 Å². The lowest BCUT2D eigenvalue weighted by Gasteiger charge is -2.16. The van der Waals surface area contributed by atoms with Crippen LogP contribution in [-0.4, -0.2) is 22.6 Å². The van der Waals surface area contributed by atoms with Gasteiger partial charge in [-0.25, -0.2) is 0 Å².